The van der Waals surface area contributed by atoms with Crippen LogP contribution >= 0.6 is 0 Å². The molecule has 0 aliphatic heterocycles. The van der Waals surface area contributed by atoms with E-state index in [9.17, 15) is 9.59 Å². The molecule has 0 saturated carbocycles. The zero-order valence-electron chi connectivity index (χ0n) is 13.1. The zero-order chi connectivity index (χ0) is 15.0. The molecule has 0 rings (SSSR count). The summed E-state index contributed by atoms with van der Waals surface area (Å²) in [7, 11) is 0. The SMILES string of the molecule is CC(C)C(C)OC(=O)CCCC(=O)OC(C)C(C)C. The van der Waals surface area contributed by atoms with Crippen molar-refractivity contribution in [2.45, 2.75) is 73.0 Å². The van der Waals surface area contributed by atoms with Crippen LogP contribution in [0.2, 0.25) is 0 Å². The van der Waals surface area contributed by atoms with Crippen LogP contribution in [-0.2, 0) is 19.1 Å². The van der Waals surface area contributed by atoms with Gasteiger partial charge in [-0.2, -0.15) is 0 Å². The van der Waals surface area contributed by atoms with Crippen LogP contribution in [0.15, 0.2) is 0 Å². The predicted molar refractivity (Wildman–Crippen MR) is 74.6 cm³/mol. The lowest BCUT2D eigenvalue weighted by atomic mass is 10.1. The third-order valence-corrected chi connectivity index (χ3v) is 3.27. The Labute approximate surface area is 116 Å². The molecule has 4 heteroatoms. The monoisotopic (exact) mass is 272 g/mol. The second-order valence-electron chi connectivity index (χ2n) is 5.73. The smallest absolute Gasteiger partial charge is 0.306 e. The van der Waals surface area contributed by atoms with Crippen molar-refractivity contribution in [2.75, 3.05) is 0 Å². The van der Waals surface area contributed by atoms with Crippen molar-refractivity contribution in [2.24, 2.45) is 11.8 Å². The van der Waals surface area contributed by atoms with E-state index in [0.717, 1.165) is 0 Å². The normalized spacial score (nSPS) is 14.3. The van der Waals surface area contributed by atoms with Crippen LogP contribution in [0.3, 0.4) is 0 Å². The van der Waals surface area contributed by atoms with Crippen molar-refractivity contribution in [1.82, 2.24) is 0 Å². The van der Waals surface area contributed by atoms with Crippen LogP contribution in [0, 0.1) is 11.8 Å². The number of ether oxygens (including phenoxy) is 2. The summed E-state index contributed by atoms with van der Waals surface area (Å²) in [6.07, 6.45) is 0.846. The summed E-state index contributed by atoms with van der Waals surface area (Å²) in [5, 5.41) is 0. The molecule has 0 aliphatic carbocycles. The summed E-state index contributed by atoms with van der Waals surface area (Å²) in [5.41, 5.74) is 0. The van der Waals surface area contributed by atoms with Gasteiger partial charge >= 0.3 is 11.9 Å². The third-order valence-electron chi connectivity index (χ3n) is 3.27. The first-order valence-electron chi connectivity index (χ1n) is 7.13. The van der Waals surface area contributed by atoms with Gasteiger partial charge < -0.3 is 9.47 Å². The predicted octanol–water partition coefficient (Wildman–Crippen LogP) is 3.33. The molecule has 0 spiro atoms. The van der Waals surface area contributed by atoms with Crippen molar-refractivity contribution in [3.63, 3.8) is 0 Å². The van der Waals surface area contributed by atoms with Gasteiger partial charge in [-0.3, -0.25) is 9.59 Å². The molecule has 2 atom stereocenters. The Bertz CT molecular complexity index is 256. The first kappa shape index (κ1) is 17.9. The van der Waals surface area contributed by atoms with Crippen molar-refractivity contribution < 1.29 is 19.1 Å². The summed E-state index contributed by atoms with van der Waals surface area (Å²) in [6, 6.07) is 0. The molecule has 0 heterocycles. The molecule has 4 nitrogen and oxygen atoms in total. The van der Waals surface area contributed by atoms with Crippen molar-refractivity contribution in [3.05, 3.63) is 0 Å². The maximum absolute atomic E-state index is 11.5. The average molecular weight is 272 g/mol. The number of hydrogen-bond donors (Lipinski definition) is 0. The van der Waals surface area contributed by atoms with Gasteiger partial charge in [0, 0.05) is 12.8 Å². The standard InChI is InChI=1S/C15H28O4/c1-10(2)12(5)18-14(16)8-7-9-15(17)19-13(6)11(3)4/h10-13H,7-9H2,1-6H3. The third kappa shape index (κ3) is 8.62. The Kier molecular flexibility index (Phi) is 8.44. The van der Waals surface area contributed by atoms with Crippen LogP contribution < -0.4 is 0 Å². The van der Waals surface area contributed by atoms with E-state index in [-0.39, 0.29) is 37.0 Å². The fourth-order valence-electron chi connectivity index (χ4n) is 1.18. The van der Waals surface area contributed by atoms with Gasteiger partial charge in [0.25, 0.3) is 0 Å². The topological polar surface area (TPSA) is 52.6 Å². The number of esters is 2. The average Bonchev–Trinajstić information content (AvgIpc) is 2.28. The molecule has 0 aromatic rings. The lowest BCUT2D eigenvalue weighted by Crippen LogP contribution is -2.21. The van der Waals surface area contributed by atoms with Crippen molar-refractivity contribution in [1.29, 1.82) is 0 Å². The van der Waals surface area contributed by atoms with Gasteiger partial charge in [-0.1, -0.05) is 27.7 Å². The van der Waals surface area contributed by atoms with Gasteiger partial charge in [-0.25, -0.2) is 0 Å². The van der Waals surface area contributed by atoms with E-state index in [0.29, 0.717) is 18.3 Å². The minimum absolute atomic E-state index is 0.0829. The van der Waals surface area contributed by atoms with Gasteiger partial charge in [-0.05, 0) is 32.1 Å². The molecule has 0 amide bonds. The Morgan fingerprint density at radius 1 is 0.737 bits per heavy atom. The molecule has 19 heavy (non-hydrogen) atoms. The fraction of sp³-hybridized carbons (Fsp3) is 0.867. The maximum Gasteiger partial charge on any atom is 0.306 e. The minimum Gasteiger partial charge on any atom is -0.462 e. The van der Waals surface area contributed by atoms with E-state index in [1.807, 2.05) is 41.5 Å². The maximum atomic E-state index is 11.5. The molecule has 0 fully saturated rings. The van der Waals surface area contributed by atoms with E-state index in [1.54, 1.807) is 0 Å². The van der Waals surface area contributed by atoms with Gasteiger partial charge in [0.1, 0.15) is 12.2 Å². The number of carbonyl (C=O) groups is 2. The Hall–Kier alpha value is -1.06. The highest BCUT2D eigenvalue weighted by Gasteiger charge is 2.15. The molecule has 2 unspecified atom stereocenters. The molecule has 0 saturated heterocycles. The van der Waals surface area contributed by atoms with Crippen molar-refractivity contribution >= 4 is 11.9 Å². The van der Waals surface area contributed by atoms with Crippen LogP contribution in [0.5, 0.6) is 0 Å². The largest absolute Gasteiger partial charge is 0.462 e. The molecule has 0 aliphatic rings. The highest BCUT2D eigenvalue weighted by atomic mass is 16.5. The molecule has 112 valence electrons. The van der Waals surface area contributed by atoms with E-state index >= 15 is 0 Å². The first-order chi connectivity index (χ1) is 8.73. The van der Waals surface area contributed by atoms with E-state index in [1.165, 1.54) is 0 Å². The van der Waals surface area contributed by atoms with E-state index in [4.69, 9.17) is 9.47 Å². The summed E-state index contributed by atoms with van der Waals surface area (Å²) in [5.74, 6) is 0.124. The quantitative estimate of drug-likeness (QED) is 0.636. The lowest BCUT2D eigenvalue weighted by Gasteiger charge is -2.17. The molecule has 0 aromatic heterocycles. The second-order valence-corrected chi connectivity index (χ2v) is 5.73. The van der Waals surface area contributed by atoms with Gasteiger partial charge in [0.05, 0.1) is 0 Å². The Balaban J connectivity index is 3.79. The molecular formula is C15H28O4. The second kappa shape index (κ2) is 8.94. The number of hydrogen-bond acceptors (Lipinski definition) is 4. The Morgan fingerprint density at radius 2 is 1.05 bits per heavy atom. The summed E-state index contributed by atoms with van der Waals surface area (Å²) in [6.45, 7) is 11.8. The number of carbonyl (C=O) groups excluding carboxylic acids is 2. The molecule has 0 N–H and O–H groups in total. The van der Waals surface area contributed by atoms with Crippen molar-refractivity contribution in [3.8, 4) is 0 Å². The summed E-state index contributed by atoms with van der Waals surface area (Å²) >= 11 is 0. The summed E-state index contributed by atoms with van der Waals surface area (Å²) in [4.78, 5) is 23.0. The minimum atomic E-state index is -0.245. The van der Waals surface area contributed by atoms with Crippen LogP contribution in [0.25, 0.3) is 0 Å². The fourth-order valence-corrected chi connectivity index (χ4v) is 1.18. The first-order valence-corrected chi connectivity index (χ1v) is 7.13. The van der Waals surface area contributed by atoms with Gasteiger partial charge in [0.2, 0.25) is 0 Å². The van der Waals surface area contributed by atoms with Gasteiger partial charge in [-0.15, -0.1) is 0 Å². The summed E-state index contributed by atoms with van der Waals surface area (Å²) < 4.78 is 10.4. The molecule has 0 radical (unpaired) electrons. The molecule has 0 aromatic carbocycles. The highest BCUT2D eigenvalue weighted by molar-refractivity contribution is 5.72. The van der Waals surface area contributed by atoms with Crippen LogP contribution in [0.4, 0.5) is 0 Å². The molecular weight excluding hydrogens is 244 g/mol. The highest BCUT2D eigenvalue weighted by Crippen LogP contribution is 2.10. The van der Waals surface area contributed by atoms with Crippen LogP contribution in [0.1, 0.15) is 60.8 Å². The van der Waals surface area contributed by atoms with E-state index in [2.05, 4.69) is 0 Å². The molecule has 0 bridgehead atoms. The number of rotatable bonds is 8. The van der Waals surface area contributed by atoms with Gasteiger partial charge in [0.15, 0.2) is 0 Å². The zero-order valence-corrected chi connectivity index (χ0v) is 13.1. The lowest BCUT2D eigenvalue weighted by molar-refractivity contribution is -0.152. The Morgan fingerprint density at radius 3 is 1.32 bits per heavy atom. The van der Waals surface area contributed by atoms with Crippen LogP contribution in [-0.4, -0.2) is 24.1 Å². The van der Waals surface area contributed by atoms with E-state index < -0.39 is 0 Å².